The molecule has 3 rings (SSSR count). The van der Waals surface area contributed by atoms with E-state index in [9.17, 15) is 4.79 Å². The summed E-state index contributed by atoms with van der Waals surface area (Å²) >= 11 is 5.81. The number of H-pyrrole nitrogens is 2. The van der Waals surface area contributed by atoms with Gasteiger partial charge in [-0.15, -0.1) is 0 Å². The van der Waals surface area contributed by atoms with Gasteiger partial charge in [-0.3, -0.25) is 4.99 Å². The van der Waals surface area contributed by atoms with Crippen molar-refractivity contribution in [2.75, 3.05) is 0 Å². The molecule has 0 bridgehead atoms. The number of hydrogen-bond acceptors (Lipinski definition) is 2. The lowest BCUT2D eigenvalue weighted by atomic mass is 10.2. The van der Waals surface area contributed by atoms with E-state index in [1.54, 1.807) is 6.21 Å². The number of aromatic amines is 2. The maximum Gasteiger partial charge on any atom is 0.323 e. The van der Waals surface area contributed by atoms with Crippen molar-refractivity contribution >= 4 is 34.5 Å². The molecule has 2 N–H and O–H groups in total. The van der Waals surface area contributed by atoms with Crippen molar-refractivity contribution in [2.45, 2.75) is 0 Å². The quantitative estimate of drug-likeness (QED) is 0.691. The molecule has 5 heteroatoms. The summed E-state index contributed by atoms with van der Waals surface area (Å²) in [5.74, 6) is 0. The lowest BCUT2D eigenvalue weighted by molar-refractivity contribution is 1.21. The monoisotopic (exact) mass is 271 g/mol. The van der Waals surface area contributed by atoms with Crippen molar-refractivity contribution < 1.29 is 0 Å². The summed E-state index contributed by atoms with van der Waals surface area (Å²) in [5.41, 5.74) is 3.05. The van der Waals surface area contributed by atoms with Crippen molar-refractivity contribution in [1.29, 1.82) is 0 Å². The molecule has 0 aliphatic heterocycles. The summed E-state index contributed by atoms with van der Waals surface area (Å²) in [7, 11) is 0. The Morgan fingerprint density at radius 1 is 1.00 bits per heavy atom. The maximum absolute atomic E-state index is 11.1. The Morgan fingerprint density at radius 2 is 1.74 bits per heavy atom. The second-order valence-electron chi connectivity index (χ2n) is 4.12. The summed E-state index contributed by atoms with van der Waals surface area (Å²) in [6.07, 6.45) is 1.75. The van der Waals surface area contributed by atoms with Gasteiger partial charge in [0, 0.05) is 11.2 Å². The van der Waals surface area contributed by atoms with Gasteiger partial charge in [0.05, 0.1) is 16.7 Å². The number of hydrogen-bond donors (Lipinski definition) is 2. The molecule has 0 saturated heterocycles. The molecule has 0 spiro atoms. The van der Waals surface area contributed by atoms with Gasteiger partial charge in [0.25, 0.3) is 0 Å². The lowest BCUT2D eigenvalue weighted by Crippen LogP contribution is -1.99. The highest BCUT2D eigenvalue weighted by molar-refractivity contribution is 6.30. The van der Waals surface area contributed by atoms with Crippen LogP contribution in [0.15, 0.2) is 52.3 Å². The Kier molecular flexibility index (Phi) is 2.93. The molecular weight excluding hydrogens is 262 g/mol. The fraction of sp³-hybridized carbons (Fsp3) is 0. The predicted octanol–water partition coefficient (Wildman–Crippen LogP) is 3.26. The standard InChI is InChI=1S/C14H10ClN3O/c15-10-3-1-9(2-4-10)8-16-11-5-6-12-13(7-11)18-14(19)17-12/h1-8H,(H2,17,18,19). The van der Waals surface area contributed by atoms with Crippen LogP contribution in [0.2, 0.25) is 5.02 Å². The Bertz CT molecular complexity index is 799. The van der Waals surface area contributed by atoms with Crippen LogP contribution in [0.25, 0.3) is 11.0 Å². The van der Waals surface area contributed by atoms with E-state index in [2.05, 4.69) is 15.0 Å². The zero-order valence-corrected chi connectivity index (χ0v) is 10.6. The van der Waals surface area contributed by atoms with Crippen molar-refractivity contribution in [1.82, 2.24) is 9.97 Å². The molecule has 19 heavy (non-hydrogen) atoms. The summed E-state index contributed by atoms with van der Waals surface area (Å²) < 4.78 is 0. The SMILES string of the molecule is O=c1[nH]c2ccc(N=Cc3ccc(Cl)cc3)cc2[nH]1. The molecule has 2 aromatic carbocycles. The second kappa shape index (κ2) is 4.74. The summed E-state index contributed by atoms with van der Waals surface area (Å²) in [6.45, 7) is 0. The van der Waals surface area contributed by atoms with Crippen molar-refractivity contribution in [3.63, 3.8) is 0 Å². The van der Waals surface area contributed by atoms with Crippen molar-refractivity contribution in [3.05, 3.63) is 63.5 Å². The topological polar surface area (TPSA) is 61.0 Å². The van der Waals surface area contributed by atoms with Gasteiger partial charge in [0.15, 0.2) is 0 Å². The molecule has 0 fully saturated rings. The van der Waals surface area contributed by atoms with E-state index in [1.807, 2.05) is 42.5 Å². The van der Waals surface area contributed by atoms with Crippen LogP contribution < -0.4 is 5.69 Å². The highest BCUT2D eigenvalue weighted by atomic mass is 35.5. The lowest BCUT2D eigenvalue weighted by Gasteiger charge is -1.95. The first-order chi connectivity index (χ1) is 9.20. The number of aromatic nitrogens is 2. The predicted molar refractivity (Wildman–Crippen MR) is 77.6 cm³/mol. The molecule has 0 atom stereocenters. The van der Waals surface area contributed by atoms with Crippen LogP contribution in [0.1, 0.15) is 5.56 Å². The summed E-state index contributed by atoms with van der Waals surface area (Å²) in [4.78, 5) is 20.9. The van der Waals surface area contributed by atoms with Gasteiger partial charge in [0.1, 0.15) is 0 Å². The number of nitrogens with one attached hydrogen (secondary N) is 2. The van der Waals surface area contributed by atoms with Gasteiger partial charge >= 0.3 is 5.69 Å². The molecule has 0 amide bonds. The normalized spacial score (nSPS) is 11.4. The van der Waals surface area contributed by atoms with Crippen LogP contribution in [0.4, 0.5) is 5.69 Å². The maximum atomic E-state index is 11.1. The van der Waals surface area contributed by atoms with E-state index in [4.69, 9.17) is 11.6 Å². The van der Waals surface area contributed by atoms with Crippen LogP contribution in [-0.4, -0.2) is 16.2 Å². The molecular formula is C14H10ClN3O. The van der Waals surface area contributed by atoms with Crippen LogP contribution in [0.3, 0.4) is 0 Å². The van der Waals surface area contributed by atoms with Gasteiger partial charge in [-0.05, 0) is 35.9 Å². The highest BCUT2D eigenvalue weighted by Crippen LogP contribution is 2.17. The molecule has 0 radical (unpaired) electrons. The number of benzene rings is 2. The van der Waals surface area contributed by atoms with E-state index >= 15 is 0 Å². The Morgan fingerprint density at radius 3 is 2.53 bits per heavy atom. The van der Waals surface area contributed by atoms with Gasteiger partial charge in [-0.1, -0.05) is 23.7 Å². The number of imidazole rings is 1. The third-order valence-corrected chi connectivity index (χ3v) is 2.98. The van der Waals surface area contributed by atoms with E-state index in [0.717, 1.165) is 22.3 Å². The van der Waals surface area contributed by atoms with E-state index < -0.39 is 0 Å². The van der Waals surface area contributed by atoms with Crippen LogP contribution in [0.5, 0.6) is 0 Å². The highest BCUT2D eigenvalue weighted by Gasteiger charge is 1.98. The molecule has 0 unspecified atom stereocenters. The molecule has 0 aliphatic rings. The van der Waals surface area contributed by atoms with E-state index in [-0.39, 0.29) is 5.69 Å². The third-order valence-electron chi connectivity index (χ3n) is 2.73. The number of halogens is 1. The molecule has 1 aromatic heterocycles. The van der Waals surface area contributed by atoms with Crippen LogP contribution in [-0.2, 0) is 0 Å². The fourth-order valence-electron chi connectivity index (χ4n) is 1.80. The smallest absolute Gasteiger partial charge is 0.306 e. The minimum absolute atomic E-state index is 0.214. The molecule has 0 aliphatic carbocycles. The number of fused-ring (bicyclic) bond motifs is 1. The summed E-state index contributed by atoms with van der Waals surface area (Å²) in [6, 6.07) is 12.9. The van der Waals surface area contributed by atoms with E-state index in [0.29, 0.717) is 5.02 Å². The Hall–Kier alpha value is -2.33. The average molecular weight is 272 g/mol. The first kappa shape index (κ1) is 11.7. The van der Waals surface area contributed by atoms with Crippen LogP contribution in [0, 0.1) is 0 Å². The molecule has 1 heterocycles. The molecule has 3 aromatic rings. The number of rotatable bonds is 2. The first-order valence-corrected chi connectivity index (χ1v) is 6.10. The van der Waals surface area contributed by atoms with Gasteiger partial charge in [-0.2, -0.15) is 0 Å². The molecule has 94 valence electrons. The number of nitrogens with zero attached hydrogens (tertiary/aromatic N) is 1. The average Bonchev–Trinajstić information content (AvgIpc) is 2.77. The Balaban J connectivity index is 1.91. The molecule has 0 saturated carbocycles. The summed E-state index contributed by atoms with van der Waals surface area (Å²) in [5, 5.41) is 0.698. The first-order valence-electron chi connectivity index (χ1n) is 5.72. The number of aliphatic imine (C=N–C) groups is 1. The zero-order valence-electron chi connectivity index (χ0n) is 9.85. The Labute approximate surface area is 113 Å². The van der Waals surface area contributed by atoms with Gasteiger partial charge < -0.3 is 9.97 Å². The van der Waals surface area contributed by atoms with Gasteiger partial charge in [0.2, 0.25) is 0 Å². The minimum Gasteiger partial charge on any atom is -0.306 e. The molecule has 4 nitrogen and oxygen atoms in total. The minimum atomic E-state index is -0.214. The second-order valence-corrected chi connectivity index (χ2v) is 4.56. The van der Waals surface area contributed by atoms with Crippen molar-refractivity contribution in [3.8, 4) is 0 Å². The van der Waals surface area contributed by atoms with Crippen molar-refractivity contribution in [2.24, 2.45) is 4.99 Å². The zero-order chi connectivity index (χ0) is 13.2. The fourth-order valence-corrected chi connectivity index (χ4v) is 1.92. The van der Waals surface area contributed by atoms with E-state index in [1.165, 1.54) is 0 Å². The van der Waals surface area contributed by atoms with Crippen LogP contribution >= 0.6 is 11.6 Å². The third kappa shape index (κ3) is 2.58. The van der Waals surface area contributed by atoms with Gasteiger partial charge in [-0.25, -0.2) is 4.79 Å². The largest absolute Gasteiger partial charge is 0.323 e.